The van der Waals surface area contributed by atoms with Crippen LogP contribution in [0.1, 0.15) is 29.7 Å². The van der Waals surface area contributed by atoms with Crippen LogP contribution in [-0.2, 0) is 26.3 Å². The van der Waals surface area contributed by atoms with E-state index in [1.165, 1.54) is 0 Å². The largest absolute Gasteiger partial charge is 0.385 e. The molecule has 7 nitrogen and oxygen atoms in total. The van der Waals surface area contributed by atoms with Crippen molar-refractivity contribution in [1.29, 1.82) is 0 Å². The van der Waals surface area contributed by atoms with Gasteiger partial charge in [0.1, 0.15) is 12.1 Å². The average molecular weight is 351 g/mol. The third-order valence-corrected chi connectivity index (χ3v) is 5.47. The van der Waals surface area contributed by atoms with Crippen molar-refractivity contribution in [2.24, 2.45) is 0 Å². The van der Waals surface area contributed by atoms with E-state index in [-0.39, 0.29) is 18.4 Å². The molecule has 1 aliphatic carbocycles. The van der Waals surface area contributed by atoms with Gasteiger partial charge in [0.2, 0.25) is 5.91 Å². The van der Waals surface area contributed by atoms with E-state index in [1.54, 1.807) is 18.4 Å². The molecule has 1 aliphatic heterocycles. The number of carbonyl (C=O) groups excluding carboxylic acids is 3. The molecule has 1 atom stereocenters. The van der Waals surface area contributed by atoms with Crippen molar-refractivity contribution >= 4 is 29.2 Å². The number of methoxy groups -OCH3 is 1. The number of carbonyl (C=O) groups is 3. The summed E-state index contributed by atoms with van der Waals surface area (Å²) in [7, 11) is 1.59. The van der Waals surface area contributed by atoms with Crippen molar-refractivity contribution in [2.75, 3.05) is 26.8 Å². The highest BCUT2D eigenvalue weighted by Crippen LogP contribution is 2.41. The first kappa shape index (κ1) is 16.9. The molecule has 0 bridgehead atoms. The van der Waals surface area contributed by atoms with Gasteiger partial charge in [0, 0.05) is 30.7 Å². The molecule has 4 amide bonds. The Morgan fingerprint density at radius 3 is 3.12 bits per heavy atom. The molecule has 1 aromatic rings. The summed E-state index contributed by atoms with van der Waals surface area (Å²) >= 11 is 1.61. The summed E-state index contributed by atoms with van der Waals surface area (Å²) in [5.74, 6) is -0.660. The number of nitrogens with one attached hydrogen (secondary N) is 2. The van der Waals surface area contributed by atoms with Crippen molar-refractivity contribution in [3.8, 4) is 0 Å². The van der Waals surface area contributed by atoms with Crippen LogP contribution >= 0.6 is 11.3 Å². The lowest BCUT2D eigenvalue weighted by Gasteiger charge is -2.31. The molecule has 2 heterocycles. The maximum Gasteiger partial charge on any atom is 0.325 e. The molecular formula is C16H21N3O4S. The molecule has 0 radical (unpaired) electrons. The molecule has 2 aliphatic rings. The first-order chi connectivity index (χ1) is 11.6. The Morgan fingerprint density at radius 1 is 1.50 bits per heavy atom. The van der Waals surface area contributed by atoms with Gasteiger partial charge in [-0.3, -0.25) is 14.5 Å². The Balaban J connectivity index is 1.69. The summed E-state index contributed by atoms with van der Waals surface area (Å²) in [4.78, 5) is 39.4. The van der Waals surface area contributed by atoms with E-state index in [2.05, 4.69) is 10.6 Å². The topological polar surface area (TPSA) is 87.7 Å². The summed E-state index contributed by atoms with van der Waals surface area (Å²) in [5, 5.41) is 7.48. The van der Waals surface area contributed by atoms with E-state index in [0.717, 1.165) is 28.2 Å². The number of thiophene rings is 1. The van der Waals surface area contributed by atoms with Crippen LogP contribution in [0.15, 0.2) is 11.4 Å². The number of amides is 4. The van der Waals surface area contributed by atoms with E-state index in [0.29, 0.717) is 26.0 Å². The maximum atomic E-state index is 12.9. The van der Waals surface area contributed by atoms with Crippen LogP contribution in [-0.4, -0.2) is 49.6 Å². The minimum absolute atomic E-state index is 0.251. The van der Waals surface area contributed by atoms with E-state index in [4.69, 9.17) is 4.74 Å². The highest BCUT2D eigenvalue weighted by Gasteiger charge is 2.54. The standard InChI is InChI=1S/C16H21N3O4S/c1-23-8-3-7-17-13(20)10-19-14(21)16(18-15(19)22)6-2-4-12-11(16)5-9-24-12/h5,9H,2-4,6-8,10H2,1H3,(H,17,20)(H,18,22)/t16-/m1/s1. The van der Waals surface area contributed by atoms with Crippen LogP contribution < -0.4 is 10.6 Å². The quantitative estimate of drug-likeness (QED) is 0.591. The Labute approximate surface area is 144 Å². The second-order valence-electron chi connectivity index (χ2n) is 6.03. The SMILES string of the molecule is COCCCNC(=O)CN1C(=O)N[C@@]2(CCCc3sccc32)C1=O. The van der Waals surface area contributed by atoms with Crippen LogP contribution in [0.5, 0.6) is 0 Å². The number of nitrogens with zero attached hydrogens (tertiary/aromatic N) is 1. The molecule has 1 saturated heterocycles. The number of urea groups is 1. The van der Waals surface area contributed by atoms with Crippen molar-refractivity contribution < 1.29 is 19.1 Å². The molecule has 130 valence electrons. The normalized spacial score (nSPS) is 22.6. The van der Waals surface area contributed by atoms with E-state index >= 15 is 0 Å². The Hall–Kier alpha value is -1.93. The van der Waals surface area contributed by atoms with E-state index < -0.39 is 11.6 Å². The lowest BCUT2D eigenvalue weighted by atomic mass is 9.80. The number of fused-ring (bicyclic) bond motifs is 2. The molecule has 0 unspecified atom stereocenters. The zero-order valence-electron chi connectivity index (χ0n) is 13.6. The van der Waals surface area contributed by atoms with Gasteiger partial charge in [0.15, 0.2) is 0 Å². The van der Waals surface area contributed by atoms with E-state index in [9.17, 15) is 14.4 Å². The average Bonchev–Trinajstić information content (AvgIpc) is 3.13. The molecular weight excluding hydrogens is 330 g/mol. The predicted molar refractivity (Wildman–Crippen MR) is 88.7 cm³/mol. The number of imide groups is 1. The molecule has 8 heteroatoms. The molecule has 3 rings (SSSR count). The fraction of sp³-hybridized carbons (Fsp3) is 0.562. The summed E-state index contributed by atoms with van der Waals surface area (Å²) in [6, 6.07) is 1.41. The zero-order valence-corrected chi connectivity index (χ0v) is 14.4. The maximum absolute atomic E-state index is 12.9. The third kappa shape index (κ3) is 2.91. The number of aryl methyl sites for hydroxylation is 1. The van der Waals surface area contributed by atoms with Crippen molar-refractivity contribution in [3.63, 3.8) is 0 Å². The number of rotatable bonds is 6. The van der Waals surface area contributed by atoms with Gasteiger partial charge in [0.25, 0.3) is 5.91 Å². The van der Waals surface area contributed by atoms with Gasteiger partial charge in [-0.15, -0.1) is 11.3 Å². The molecule has 1 spiro atoms. The molecule has 1 fully saturated rings. The van der Waals surface area contributed by atoms with Gasteiger partial charge in [-0.2, -0.15) is 0 Å². The summed E-state index contributed by atoms with van der Waals surface area (Å²) < 4.78 is 4.91. The fourth-order valence-electron chi connectivity index (χ4n) is 3.33. The molecule has 24 heavy (non-hydrogen) atoms. The molecule has 2 N–H and O–H groups in total. The number of hydrogen-bond acceptors (Lipinski definition) is 5. The summed E-state index contributed by atoms with van der Waals surface area (Å²) in [6.07, 6.45) is 3.03. The number of hydrogen-bond donors (Lipinski definition) is 2. The minimum atomic E-state index is -0.985. The van der Waals surface area contributed by atoms with Gasteiger partial charge in [0.05, 0.1) is 0 Å². The van der Waals surface area contributed by atoms with E-state index in [1.807, 2.05) is 11.4 Å². The third-order valence-electron chi connectivity index (χ3n) is 4.49. The smallest absolute Gasteiger partial charge is 0.325 e. The Bertz CT molecular complexity index is 660. The highest BCUT2D eigenvalue weighted by molar-refractivity contribution is 7.10. The van der Waals surface area contributed by atoms with Gasteiger partial charge >= 0.3 is 6.03 Å². The lowest BCUT2D eigenvalue weighted by Crippen LogP contribution is -2.46. The van der Waals surface area contributed by atoms with Gasteiger partial charge in [-0.05, 0) is 37.1 Å². The fourth-order valence-corrected chi connectivity index (χ4v) is 4.33. The first-order valence-corrected chi connectivity index (χ1v) is 8.93. The second-order valence-corrected chi connectivity index (χ2v) is 7.03. The molecule has 0 saturated carbocycles. The monoisotopic (exact) mass is 351 g/mol. The predicted octanol–water partition coefficient (Wildman–Crippen LogP) is 0.984. The van der Waals surface area contributed by atoms with Crippen molar-refractivity contribution in [2.45, 2.75) is 31.2 Å². The van der Waals surface area contributed by atoms with Crippen molar-refractivity contribution in [1.82, 2.24) is 15.5 Å². The molecule has 0 aromatic carbocycles. The highest BCUT2D eigenvalue weighted by atomic mass is 32.1. The lowest BCUT2D eigenvalue weighted by molar-refractivity contribution is -0.135. The second kappa shape index (κ2) is 6.90. The molecule has 1 aromatic heterocycles. The first-order valence-electron chi connectivity index (χ1n) is 8.05. The van der Waals surface area contributed by atoms with Gasteiger partial charge < -0.3 is 15.4 Å². The minimum Gasteiger partial charge on any atom is -0.385 e. The van der Waals surface area contributed by atoms with Crippen LogP contribution in [0.2, 0.25) is 0 Å². The Kier molecular flexibility index (Phi) is 4.86. The Morgan fingerprint density at radius 2 is 2.33 bits per heavy atom. The van der Waals surface area contributed by atoms with Crippen molar-refractivity contribution in [3.05, 3.63) is 21.9 Å². The van der Waals surface area contributed by atoms with Crippen LogP contribution in [0, 0.1) is 0 Å². The summed E-state index contributed by atoms with van der Waals surface area (Å²) in [5.41, 5.74) is -0.0961. The van der Waals surface area contributed by atoms with Crippen LogP contribution in [0.25, 0.3) is 0 Å². The zero-order chi connectivity index (χ0) is 17.2. The summed E-state index contributed by atoms with van der Waals surface area (Å²) in [6.45, 7) is 0.752. The number of ether oxygens (including phenoxy) is 1. The van der Waals surface area contributed by atoms with Gasteiger partial charge in [-0.25, -0.2) is 4.79 Å². The van der Waals surface area contributed by atoms with Crippen LogP contribution in [0.4, 0.5) is 4.79 Å². The van der Waals surface area contributed by atoms with Gasteiger partial charge in [-0.1, -0.05) is 0 Å². The van der Waals surface area contributed by atoms with Crippen LogP contribution in [0.3, 0.4) is 0 Å².